The second-order valence-corrected chi connectivity index (χ2v) is 4.02. The predicted molar refractivity (Wildman–Crippen MR) is 66.1 cm³/mol. The number of aryl methyl sites for hydroxylation is 1. The second kappa shape index (κ2) is 5.10. The Morgan fingerprint density at radius 3 is 2.72 bits per heavy atom. The molecule has 0 saturated heterocycles. The summed E-state index contributed by atoms with van der Waals surface area (Å²) in [6, 6.07) is 7.60. The van der Waals surface area contributed by atoms with Crippen LogP contribution < -0.4 is 5.32 Å². The van der Waals surface area contributed by atoms with E-state index in [0.717, 1.165) is 0 Å². The van der Waals surface area contributed by atoms with Crippen LogP contribution in [0, 0.1) is 12.7 Å². The molecule has 0 aliphatic heterocycles. The molecule has 18 heavy (non-hydrogen) atoms. The number of hydrogen-bond acceptors (Lipinski definition) is 3. The van der Waals surface area contributed by atoms with Gasteiger partial charge in [0.1, 0.15) is 5.82 Å². The molecule has 0 unspecified atom stereocenters. The van der Waals surface area contributed by atoms with Gasteiger partial charge in [0.15, 0.2) is 10.8 Å². The van der Waals surface area contributed by atoms with Gasteiger partial charge in [-0.3, -0.25) is 4.79 Å². The van der Waals surface area contributed by atoms with Gasteiger partial charge in [-0.2, -0.15) is 0 Å². The lowest BCUT2D eigenvalue weighted by Gasteiger charge is -2.06. The number of carbonyl (C=O) groups excluding carboxylic acids is 1. The molecule has 0 fully saturated rings. The van der Waals surface area contributed by atoms with E-state index < -0.39 is 11.7 Å². The van der Waals surface area contributed by atoms with E-state index in [0.29, 0.717) is 5.56 Å². The third-order valence-electron chi connectivity index (χ3n) is 2.30. The SMILES string of the molecule is Cc1cccc(NC(=O)c2ccc(Cl)nn2)c1F. The fourth-order valence-electron chi connectivity index (χ4n) is 1.37. The van der Waals surface area contributed by atoms with Gasteiger partial charge >= 0.3 is 0 Å². The van der Waals surface area contributed by atoms with Crippen LogP contribution in [0.4, 0.5) is 10.1 Å². The predicted octanol–water partition coefficient (Wildman–Crippen LogP) is 2.83. The average molecular weight is 266 g/mol. The largest absolute Gasteiger partial charge is 0.318 e. The van der Waals surface area contributed by atoms with Gasteiger partial charge in [-0.25, -0.2) is 4.39 Å². The van der Waals surface area contributed by atoms with E-state index in [1.807, 2.05) is 0 Å². The van der Waals surface area contributed by atoms with Crippen LogP contribution in [0.15, 0.2) is 30.3 Å². The number of rotatable bonds is 2. The summed E-state index contributed by atoms with van der Waals surface area (Å²) in [5, 5.41) is 9.77. The lowest BCUT2D eigenvalue weighted by molar-refractivity contribution is 0.102. The highest BCUT2D eigenvalue weighted by atomic mass is 35.5. The summed E-state index contributed by atoms with van der Waals surface area (Å²) < 4.78 is 13.7. The molecule has 0 radical (unpaired) electrons. The molecular weight excluding hydrogens is 257 g/mol. The molecule has 0 saturated carbocycles. The number of halogens is 2. The molecule has 92 valence electrons. The maximum atomic E-state index is 13.7. The molecule has 0 aliphatic carbocycles. The molecule has 2 aromatic rings. The van der Waals surface area contributed by atoms with E-state index in [-0.39, 0.29) is 16.5 Å². The lowest BCUT2D eigenvalue weighted by atomic mass is 10.2. The van der Waals surface area contributed by atoms with Gasteiger partial charge in [-0.1, -0.05) is 23.7 Å². The van der Waals surface area contributed by atoms with Crippen molar-refractivity contribution in [2.45, 2.75) is 6.92 Å². The molecule has 0 atom stereocenters. The summed E-state index contributed by atoms with van der Waals surface area (Å²) in [5.74, 6) is -1.00. The quantitative estimate of drug-likeness (QED) is 0.908. The Morgan fingerprint density at radius 2 is 2.06 bits per heavy atom. The average Bonchev–Trinajstić information content (AvgIpc) is 2.36. The van der Waals surface area contributed by atoms with Gasteiger partial charge < -0.3 is 5.32 Å². The zero-order valence-corrected chi connectivity index (χ0v) is 10.2. The van der Waals surface area contributed by atoms with Crippen LogP contribution in [0.1, 0.15) is 16.1 Å². The van der Waals surface area contributed by atoms with E-state index in [9.17, 15) is 9.18 Å². The molecule has 1 aromatic heterocycles. The van der Waals surface area contributed by atoms with E-state index in [1.54, 1.807) is 19.1 Å². The number of anilines is 1. The fraction of sp³-hybridized carbons (Fsp3) is 0.0833. The number of nitrogens with one attached hydrogen (secondary N) is 1. The third kappa shape index (κ3) is 2.62. The zero-order chi connectivity index (χ0) is 13.1. The first-order chi connectivity index (χ1) is 8.58. The van der Waals surface area contributed by atoms with Crippen molar-refractivity contribution in [2.24, 2.45) is 0 Å². The summed E-state index contributed by atoms with van der Waals surface area (Å²) in [6.45, 7) is 1.62. The van der Waals surface area contributed by atoms with Gasteiger partial charge in [0.05, 0.1) is 5.69 Å². The van der Waals surface area contributed by atoms with Crippen molar-refractivity contribution in [1.29, 1.82) is 0 Å². The minimum absolute atomic E-state index is 0.0697. The van der Waals surface area contributed by atoms with Crippen LogP contribution in [0.25, 0.3) is 0 Å². The van der Waals surface area contributed by atoms with Crippen molar-refractivity contribution in [2.75, 3.05) is 5.32 Å². The molecule has 1 amide bonds. The molecule has 0 spiro atoms. The summed E-state index contributed by atoms with van der Waals surface area (Å²) >= 11 is 5.56. The van der Waals surface area contributed by atoms with Crippen LogP contribution in [0.3, 0.4) is 0 Å². The Balaban J connectivity index is 2.21. The molecule has 1 heterocycles. The van der Waals surface area contributed by atoms with Crippen LogP contribution >= 0.6 is 11.6 Å². The summed E-state index contributed by atoms with van der Waals surface area (Å²) in [4.78, 5) is 11.8. The molecule has 6 heteroatoms. The monoisotopic (exact) mass is 265 g/mol. The number of hydrogen-bond donors (Lipinski definition) is 1. The zero-order valence-electron chi connectivity index (χ0n) is 9.45. The van der Waals surface area contributed by atoms with Crippen molar-refractivity contribution in [3.8, 4) is 0 Å². The molecule has 2 rings (SSSR count). The molecule has 0 aliphatic rings. The van der Waals surface area contributed by atoms with Crippen LogP contribution in [-0.2, 0) is 0 Å². The highest BCUT2D eigenvalue weighted by Crippen LogP contribution is 2.17. The highest BCUT2D eigenvalue weighted by Gasteiger charge is 2.11. The standard InChI is InChI=1S/C12H9ClFN3O/c1-7-3-2-4-8(11(7)14)15-12(18)9-5-6-10(13)17-16-9/h2-6H,1H3,(H,15,18). The Kier molecular flexibility index (Phi) is 3.53. The summed E-state index contributed by atoms with van der Waals surface area (Å²) in [6.07, 6.45) is 0. The van der Waals surface area contributed by atoms with E-state index in [2.05, 4.69) is 15.5 Å². The first-order valence-corrected chi connectivity index (χ1v) is 5.51. The van der Waals surface area contributed by atoms with E-state index >= 15 is 0 Å². The first kappa shape index (κ1) is 12.4. The molecule has 1 aromatic carbocycles. The van der Waals surface area contributed by atoms with Crippen molar-refractivity contribution in [3.05, 3.63) is 52.6 Å². The van der Waals surface area contributed by atoms with Crippen LogP contribution in [0.5, 0.6) is 0 Å². The van der Waals surface area contributed by atoms with Crippen molar-refractivity contribution >= 4 is 23.2 Å². The Hall–Kier alpha value is -2.01. The number of benzene rings is 1. The Morgan fingerprint density at radius 1 is 1.28 bits per heavy atom. The fourth-order valence-corrected chi connectivity index (χ4v) is 1.47. The molecule has 4 nitrogen and oxygen atoms in total. The highest BCUT2D eigenvalue weighted by molar-refractivity contribution is 6.29. The van der Waals surface area contributed by atoms with Crippen LogP contribution in [0.2, 0.25) is 5.15 Å². The number of carbonyl (C=O) groups is 1. The molecule has 1 N–H and O–H groups in total. The number of aromatic nitrogens is 2. The van der Waals surface area contributed by atoms with Gasteiger partial charge in [-0.05, 0) is 30.7 Å². The Bertz CT molecular complexity index is 586. The minimum atomic E-state index is -0.538. The maximum absolute atomic E-state index is 13.7. The topological polar surface area (TPSA) is 54.9 Å². The Labute approximate surface area is 108 Å². The second-order valence-electron chi connectivity index (χ2n) is 3.63. The van der Waals surface area contributed by atoms with Crippen molar-refractivity contribution in [1.82, 2.24) is 10.2 Å². The van der Waals surface area contributed by atoms with Crippen molar-refractivity contribution in [3.63, 3.8) is 0 Å². The van der Waals surface area contributed by atoms with Gasteiger partial charge in [0.2, 0.25) is 0 Å². The van der Waals surface area contributed by atoms with Gasteiger partial charge in [0.25, 0.3) is 5.91 Å². The normalized spacial score (nSPS) is 10.2. The smallest absolute Gasteiger partial charge is 0.276 e. The van der Waals surface area contributed by atoms with Gasteiger partial charge in [0, 0.05) is 0 Å². The van der Waals surface area contributed by atoms with E-state index in [4.69, 9.17) is 11.6 Å². The summed E-state index contributed by atoms with van der Waals surface area (Å²) in [7, 11) is 0. The molecule has 0 bridgehead atoms. The third-order valence-corrected chi connectivity index (χ3v) is 2.51. The van der Waals surface area contributed by atoms with E-state index in [1.165, 1.54) is 18.2 Å². The summed E-state index contributed by atoms with van der Waals surface area (Å²) in [5.41, 5.74) is 0.632. The lowest BCUT2D eigenvalue weighted by Crippen LogP contribution is -2.15. The first-order valence-electron chi connectivity index (χ1n) is 5.13. The van der Waals surface area contributed by atoms with Gasteiger partial charge in [-0.15, -0.1) is 10.2 Å². The molecular formula is C12H9ClFN3O. The number of nitrogens with zero attached hydrogens (tertiary/aromatic N) is 2. The number of amides is 1. The van der Waals surface area contributed by atoms with Crippen molar-refractivity contribution < 1.29 is 9.18 Å². The minimum Gasteiger partial charge on any atom is -0.318 e. The maximum Gasteiger partial charge on any atom is 0.276 e. The van der Waals surface area contributed by atoms with Crippen LogP contribution in [-0.4, -0.2) is 16.1 Å².